The van der Waals surface area contributed by atoms with E-state index in [1.165, 1.54) is 5.56 Å². The molecule has 0 radical (unpaired) electrons. The fraction of sp³-hybridized carbons (Fsp3) is 0.375. The zero-order valence-corrected chi connectivity index (χ0v) is 12.2. The van der Waals surface area contributed by atoms with Gasteiger partial charge in [-0.1, -0.05) is 19.1 Å². The Hall–Kier alpha value is -2.10. The van der Waals surface area contributed by atoms with E-state index in [0.29, 0.717) is 6.54 Å². The van der Waals surface area contributed by atoms with Gasteiger partial charge < -0.3 is 5.32 Å². The van der Waals surface area contributed by atoms with Crippen LogP contribution in [0.1, 0.15) is 29.3 Å². The molecule has 106 valence electrons. The lowest BCUT2D eigenvalue weighted by molar-refractivity contribution is -0.671. The number of carbonyl (C=O) groups excluding carboxylic acids is 1. The topological polar surface area (TPSA) is 37.9 Å². The second-order valence-electron chi connectivity index (χ2n) is 4.98. The zero-order valence-electron chi connectivity index (χ0n) is 12.2. The average Bonchev–Trinajstić information content (AvgIpc) is 2.89. The molecule has 4 nitrogen and oxygen atoms in total. The van der Waals surface area contributed by atoms with Crippen LogP contribution in [0.4, 0.5) is 0 Å². The highest BCUT2D eigenvalue weighted by Crippen LogP contribution is 2.04. The number of hydrogen-bond donors (Lipinski definition) is 1. The predicted molar refractivity (Wildman–Crippen MR) is 78.4 cm³/mol. The molecule has 2 rings (SSSR count). The van der Waals surface area contributed by atoms with E-state index in [4.69, 9.17) is 0 Å². The van der Waals surface area contributed by atoms with Gasteiger partial charge in [0.25, 0.3) is 5.91 Å². The standard InChI is InChI=1S/C16H21N3O/c1-3-14-5-7-15(8-6-14)16(20)17-9-4-10-19-12-11-18(2)13-19/h5-8,11-13H,3-4,9-10H2,1-2H3/p+1. The summed E-state index contributed by atoms with van der Waals surface area (Å²) in [4.78, 5) is 11.9. The lowest BCUT2D eigenvalue weighted by Crippen LogP contribution is -2.26. The number of aromatic nitrogens is 2. The molecule has 0 unspecified atom stereocenters. The fourth-order valence-electron chi connectivity index (χ4n) is 2.09. The SMILES string of the molecule is CCc1ccc(C(=O)NCCCn2cc[n+](C)c2)cc1. The first-order valence-electron chi connectivity index (χ1n) is 7.07. The Kier molecular flexibility index (Phi) is 4.93. The van der Waals surface area contributed by atoms with E-state index < -0.39 is 0 Å². The Morgan fingerprint density at radius 1 is 1.30 bits per heavy atom. The van der Waals surface area contributed by atoms with Gasteiger partial charge in [-0.2, -0.15) is 0 Å². The molecule has 0 bridgehead atoms. The van der Waals surface area contributed by atoms with Crippen molar-refractivity contribution in [2.75, 3.05) is 6.54 Å². The second kappa shape index (κ2) is 6.89. The summed E-state index contributed by atoms with van der Waals surface area (Å²) in [6.07, 6.45) is 7.99. The molecule has 20 heavy (non-hydrogen) atoms. The van der Waals surface area contributed by atoms with E-state index in [9.17, 15) is 4.79 Å². The largest absolute Gasteiger partial charge is 0.352 e. The average molecular weight is 272 g/mol. The maximum Gasteiger partial charge on any atom is 0.251 e. The minimum absolute atomic E-state index is 0.00529. The van der Waals surface area contributed by atoms with E-state index in [0.717, 1.165) is 24.9 Å². The second-order valence-corrected chi connectivity index (χ2v) is 4.98. The minimum atomic E-state index is 0.00529. The highest BCUT2D eigenvalue weighted by Gasteiger charge is 2.05. The van der Waals surface area contributed by atoms with Crippen molar-refractivity contribution in [1.82, 2.24) is 9.88 Å². The Balaban J connectivity index is 1.74. The fourth-order valence-corrected chi connectivity index (χ4v) is 2.09. The van der Waals surface area contributed by atoms with Crippen LogP contribution in [0.5, 0.6) is 0 Å². The summed E-state index contributed by atoms with van der Waals surface area (Å²) in [5.74, 6) is 0.00529. The number of amides is 1. The van der Waals surface area contributed by atoms with E-state index >= 15 is 0 Å². The number of hydrogen-bond acceptors (Lipinski definition) is 1. The number of aryl methyl sites for hydroxylation is 3. The third-order valence-corrected chi connectivity index (χ3v) is 3.33. The molecule has 0 spiro atoms. The molecule has 4 heteroatoms. The molecule has 0 fully saturated rings. The van der Waals surface area contributed by atoms with Gasteiger partial charge in [-0.25, -0.2) is 9.13 Å². The highest BCUT2D eigenvalue weighted by molar-refractivity contribution is 5.94. The van der Waals surface area contributed by atoms with E-state index in [1.807, 2.05) is 54.6 Å². The van der Waals surface area contributed by atoms with E-state index in [2.05, 4.69) is 16.8 Å². The summed E-state index contributed by atoms with van der Waals surface area (Å²) in [5, 5.41) is 2.95. The van der Waals surface area contributed by atoms with Crippen molar-refractivity contribution in [3.05, 3.63) is 54.1 Å². The number of carbonyl (C=O) groups is 1. The number of benzene rings is 1. The minimum Gasteiger partial charge on any atom is -0.352 e. The Labute approximate surface area is 120 Å². The molecule has 1 N–H and O–H groups in total. The molecule has 1 heterocycles. The van der Waals surface area contributed by atoms with E-state index in [-0.39, 0.29) is 5.91 Å². The van der Waals surface area contributed by atoms with Crippen LogP contribution in [-0.2, 0) is 20.0 Å². The first-order valence-corrected chi connectivity index (χ1v) is 7.07. The van der Waals surface area contributed by atoms with Gasteiger partial charge in [0.15, 0.2) is 0 Å². The van der Waals surface area contributed by atoms with Crippen molar-refractivity contribution in [2.24, 2.45) is 7.05 Å². The van der Waals surface area contributed by atoms with Crippen molar-refractivity contribution in [3.8, 4) is 0 Å². The molecule has 0 saturated carbocycles. The van der Waals surface area contributed by atoms with Crippen molar-refractivity contribution < 1.29 is 9.36 Å². The van der Waals surface area contributed by atoms with Crippen LogP contribution in [0.2, 0.25) is 0 Å². The van der Waals surface area contributed by atoms with Crippen LogP contribution in [0, 0.1) is 0 Å². The van der Waals surface area contributed by atoms with Gasteiger partial charge in [0, 0.05) is 18.5 Å². The summed E-state index contributed by atoms with van der Waals surface area (Å²) in [6.45, 7) is 3.71. The van der Waals surface area contributed by atoms with Crippen LogP contribution >= 0.6 is 0 Å². The van der Waals surface area contributed by atoms with Crippen LogP contribution in [0.15, 0.2) is 43.0 Å². The molecule has 1 aromatic carbocycles. The summed E-state index contributed by atoms with van der Waals surface area (Å²) < 4.78 is 4.12. The molecule has 0 aliphatic heterocycles. The number of rotatable bonds is 6. The van der Waals surface area contributed by atoms with Gasteiger partial charge >= 0.3 is 0 Å². The Bertz CT molecular complexity index is 557. The molecular weight excluding hydrogens is 250 g/mol. The van der Waals surface area contributed by atoms with Gasteiger partial charge in [-0.3, -0.25) is 4.79 Å². The highest BCUT2D eigenvalue weighted by atomic mass is 16.1. The van der Waals surface area contributed by atoms with Gasteiger partial charge in [0.2, 0.25) is 6.33 Å². The van der Waals surface area contributed by atoms with Crippen molar-refractivity contribution in [3.63, 3.8) is 0 Å². The van der Waals surface area contributed by atoms with Crippen molar-refractivity contribution in [2.45, 2.75) is 26.3 Å². The third-order valence-electron chi connectivity index (χ3n) is 3.33. The Morgan fingerprint density at radius 2 is 2.05 bits per heavy atom. The Morgan fingerprint density at radius 3 is 2.65 bits per heavy atom. The van der Waals surface area contributed by atoms with Crippen molar-refractivity contribution in [1.29, 1.82) is 0 Å². The molecular formula is C16H22N3O+. The molecule has 1 aromatic heterocycles. The van der Waals surface area contributed by atoms with Gasteiger partial charge in [0.05, 0.1) is 13.6 Å². The first kappa shape index (κ1) is 14.3. The lowest BCUT2D eigenvalue weighted by Gasteiger charge is -2.05. The smallest absolute Gasteiger partial charge is 0.251 e. The molecule has 0 aliphatic carbocycles. The van der Waals surface area contributed by atoms with Crippen LogP contribution in [-0.4, -0.2) is 17.0 Å². The summed E-state index contributed by atoms with van der Waals surface area (Å²) >= 11 is 0. The predicted octanol–water partition coefficient (Wildman–Crippen LogP) is 1.70. The van der Waals surface area contributed by atoms with Gasteiger partial charge in [-0.05, 0) is 24.1 Å². The third kappa shape index (κ3) is 3.95. The monoisotopic (exact) mass is 272 g/mol. The molecule has 2 aromatic rings. The maximum atomic E-state index is 11.9. The summed E-state index contributed by atoms with van der Waals surface area (Å²) in [5.41, 5.74) is 1.98. The quantitative estimate of drug-likeness (QED) is 0.631. The molecule has 1 amide bonds. The number of nitrogens with one attached hydrogen (secondary N) is 1. The van der Waals surface area contributed by atoms with Crippen LogP contribution < -0.4 is 9.88 Å². The number of imidazole rings is 1. The summed E-state index contributed by atoms with van der Waals surface area (Å²) in [6, 6.07) is 7.80. The van der Waals surface area contributed by atoms with Crippen LogP contribution in [0.25, 0.3) is 0 Å². The lowest BCUT2D eigenvalue weighted by atomic mass is 10.1. The van der Waals surface area contributed by atoms with Gasteiger partial charge in [0.1, 0.15) is 12.4 Å². The summed E-state index contributed by atoms with van der Waals surface area (Å²) in [7, 11) is 2.00. The maximum absolute atomic E-state index is 11.9. The van der Waals surface area contributed by atoms with Crippen molar-refractivity contribution >= 4 is 5.91 Å². The molecule has 0 aliphatic rings. The molecule has 0 saturated heterocycles. The zero-order chi connectivity index (χ0) is 14.4. The normalized spacial score (nSPS) is 10.5. The van der Waals surface area contributed by atoms with E-state index in [1.54, 1.807) is 0 Å². The molecule has 0 atom stereocenters. The first-order chi connectivity index (χ1) is 9.69. The van der Waals surface area contributed by atoms with Crippen LogP contribution in [0.3, 0.4) is 0 Å². The number of nitrogens with zero attached hydrogens (tertiary/aromatic N) is 2. The van der Waals surface area contributed by atoms with Gasteiger partial charge in [-0.15, -0.1) is 0 Å².